The van der Waals surface area contributed by atoms with Gasteiger partial charge in [-0.2, -0.15) is 5.10 Å². The van der Waals surface area contributed by atoms with Crippen molar-refractivity contribution < 1.29 is 4.42 Å². The van der Waals surface area contributed by atoms with Crippen LogP contribution in [0.1, 0.15) is 31.7 Å². The van der Waals surface area contributed by atoms with E-state index in [0.717, 1.165) is 47.4 Å². The highest BCUT2D eigenvalue weighted by atomic mass is 16.4. The van der Waals surface area contributed by atoms with E-state index in [-0.39, 0.29) is 0 Å². The molecule has 2 aromatic carbocycles. The van der Waals surface area contributed by atoms with E-state index in [0.29, 0.717) is 11.8 Å². The van der Waals surface area contributed by atoms with Gasteiger partial charge in [-0.1, -0.05) is 31.5 Å². The second kappa shape index (κ2) is 8.89. The monoisotopic (exact) mass is 361 g/mol. The Morgan fingerprint density at radius 3 is 2.52 bits per heavy atom. The number of hydrogen-bond donors (Lipinski definition) is 1. The Balaban J connectivity index is 1.74. The average molecular weight is 361 g/mol. The summed E-state index contributed by atoms with van der Waals surface area (Å²) in [4.78, 5) is 4.43. The first kappa shape index (κ1) is 18.5. The van der Waals surface area contributed by atoms with Crippen molar-refractivity contribution in [3.63, 3.8) is 0 Å². The molecular weight excluding hydrogens is 338 g/mol. The number of nitrogens with two attached hydrogens (primary N) is 1. The van der Waals surface area contributed by atoms with E-state index in [4.69, 9.17) is 10.3 Å². The minimum absolute atomic E-state index is 0.482. The third-order valence-electron chi connectivity index (χ3n) is 4.23. The van der Waals surface area contributed by atoms with Gasteiger partial charge >= 0.3 is 0 Å². The average Bonchev–Trinajstić information content (AvgIpc) is 3.19. The number of aromatic nitrogens is 2. The van der Waals surface area contributed by atoms with Crippen LogP contribution in [0.2, 0.25) is 0 Å². The molecule has 2 N–H and O–H groups in total. The van der Waals surface area contributed by atoms with Crippen LogP contribution in [0.15, 0.2) is 63.0 Å². The number of nitrogens with zero attached hydrogens (tertiary/aromatic N) is 4. The van der Waals surface area contributed by atoms with Crippen LogP contribution in [0.5, 0.6) is 0 Å². The van der Waals surface area contributed by atoms with Crippen molar-refractivity contribution in [2.24, 2.45) is 15.9 Å². The molecule has 27 heavy (non-hydrogen) atoms. The van der Waals surface area contributed by atoms with Crippen molar-refractivity contribution in [2.45, 2.75) is 33.1 Å². The van der Waals surface area contributed by atoms with Crippen LogP contribution in [0, 0.1) is 6.92 Å². The number of unbranched alkanes of at least 4 members (excludes halogenated alkanes) is 1. The summed E-state index contributed by atoms with van der Waals surface area (Å²) < 4.78 is 5.84. The summed E-state index contributed by atoms with van der Waals surface area (Å²) >= 11 is 0. The summed E-state index contributed by atoms with van der Waals surface area (Å²) in [6, 6.07) is 15.6. The Labute approximate surface area is 158 Å². The Bertz CT molecular complexity index is 941. The minimum Gasteiger partial charge on any atom is -0.416 e. The molecule has 0 spiro atoms. The molecule has 1 aromatic heterocycles. The SMILES string of the molecule is CCCC/C(C=Nc1ccc(-c2nnc(-c3ccccc3C)o2)cc1)=N/N. The van der Waals surface area contributed by atoms with Crippen molar-refractivity contribution in [1.29, 1.82) is 0 Å². The number of hydrogen-bond acceptors (Lipinski definition) is 6. The highest BCUT2D eigenvalue weighted by molar-refractivity contribution is 6.30. The number of aryl methyl sites for hydroxylation is 1. The first-order valence-electron chi connectivity index (χ1n) is 9.02. The fourth-order valence-corrected chi connectivity index (χ4v) is 2.62. The maximum Gasteiger partial charge on any atom is 0.248 e. The van der Waals surface area contributed by atoms with Crippen molar-refractivity contribution in [3.05, 3.63) is 54.1 Å². The van der Waals surface area contributed by atoms with E-state index >= 15 is 0 Å². The Hall–Kier alpha value is -3.28. The van der Waals surface area contributed by atoms with Gasteiger partial charge in [-0.05, 0) is 55.7 Å². The molecule has 0 fully saturated rings. The van der Waals surface area contributed by atoms with Crippen LogP contribution >= 0.6 is 0 Å². The zero-order valence-electron chi connectivity index (χ0n) is 15.6. The van der Waals surface area contributed by atoms with Gasteiger partial charge in [-0.3, -0.25) is 4.99 Å². The molecule has 3 aromatic rings. The molecule has 138 valence electrons. The maximum absolute atomic E-state index is 5.84. The van der Waals surface area contributed by atoms with E-state index in [1.54, 1.807) is 6.21 Å². The molecule has 0 aliphatic rings. The van der Waals surface area contributed by atoms with Crippen LogP contribution in [0.4, 0.5) is 5.69 Å². The molecule has 6 nitrogen and oxygen atoms in total. The van der Waals surface area contributed by atoms with Gasteiger partial charge in [0.1, 0.15) is 0 Å². The van der Waals surface area contributed by atoms with Crippen LogP contribution < -0.4 is 5.84 Å². The Morgan fingerprint density at radius 1 is 1.07 bits per heavy atom. The van der Waals surface area contributed by atoms with E-state index in [9.17, 15) is 0 Å². The van der Waals surface area contributed by atoms with Crippen molar-refractivity contribution in [2.75, 3.05) is 0 Å². The van der Waals surface area contributed by atoms with Gasteiger partial charge in [-0.25, -0.2) is 0 Å². The highest BCUT2D eigenvalue weighted by Crippen LogP contribution is 2.27. The lowest BCUT2D eigenvalue weighted by molar-refractivity contribution is 0.584. The third kappa shape index (κ3) is 4.67. The summed E-state index contributed by atoms with van der Waals surface area (Å²) in [6.45, 7) is 4.15. The molecular formula is C21H23N5O. The van der Waals surface area contributed by atoms with Crippen LogP contribution in [0.3, 0.4) is 0 Å². The van der Waals surface area contributed by atoms with Crippen molar-refractivity contribution in [1.82, 2.24) is 10.2 Å². The standard InChI is InChI=1S/C21H23N5O/c1-3-4-8-18(24-22)14-23-17-12-10-16(11-13-17)20-25-26-21(27-20)19-9-6-5-7-15(19)2/h5-7,9-14H,3-4,8,22H2,1-2H3/b23-14?,24-18-. The zero-order valence-corrected chi connectivity index (χ0v) is 15.6. The quantitative estimate of drug-likeness (QED) is 0.367. The molecule has 6 heteroatoms. The molecule has 0 atom stereocenters. The smallest absolute Gasteiger partial charge is 0.248 e. The van der Waals surface area contributed by atoms with E-state index in [1.807, 2.05) is 55.5 Å². The summed E-state index contributed by atoms with van der Waals surface area (Å²) in [5, 5.41) is 12.1. The topological polar surface area (TPSA) is 89.7 Å². The van der Waals surface area contributed by atoms with Crippen molar-refractivity contribution in [3.8, 4) is 22.9 Å². The lowest BCUT2D eigenvalue weighted by atomic mass is 10.1. The van der Waals surface area contributed by atoms with E-state index in [1.165, 1.54) is 0 Å². The van der Waals surface area contributed by atoms with Gasteiger partial charge in [-0.15, -0.1) is 10.2 Å². The molecule has 0 saturated heterocycles. The summed E-state index contributed by atoms with van der Waals surface area (Å²) in [6.07, 6.45) is 4.68. The molecule has 0 aliphatic carbocycles. The van der Waals surface area contributed by atoms with Crippen molar-refractivity contribution >= 4 is 17.6 Å². The molecule has 0 aliphatic heterocycles. The van der Waals surface area contributed by atoms with Gasteiger partial charge in [0.05, 0.1) is 17.6 Å². The van der Waals surface area contributed by atoms with Crippen LogP contribution in [0.25, 0.3) is 22.9 Å². The second-order valence-electron chi connectivity index (χ2n) is 6.26. The molecule has 0 saturated carbocycles. The van der Waals surface area contributed by atoms with Gasteiger partial charge in [0.25, 0.3) is 0 Å². The predicted molar refractivity (Wildman–Crippen MR) is 109 cm³/mol. The predicted octanol–water partition coefficient (Wildman–Crippen LogP) is 4.92. The fourth-order valence-electron chi connectivity index (χ4n) is 2.62. The van der Waals surface area contributed by atoms with Gasteiger partial charge < -0.3 is 10.3 Å². The van der Waals surface area contributed by atoms with Gasteiger partial charge in [0.2, 0.25) is 11.8 Å². The normalized spacial score (nSPS) is 12.0. The molecule has 0 unspecified atom stereocenters. The fraction of sp³-hybridized carbons (Fsp3) is 0.238. The van der Waals surface area contributed by atoms with Crippen LogP contribution in [-0.4, -0.2) is 22.1 Å². The maximum atomic E-state index is 5.84. The largest absolute Gasteiger partial charge is 0.416 e. The highest BCUT2D eigenvalue weighted by Gasteiger charge is 2.11. The van der Waals surface area contributed by atoms with Crippen LogP contribution in [-0.2, 0) is 0 Å². The van der Waals surface area contributed by atoms with Gasteiger partial charge in [0.15, 0.2) is 0 Å². The van der Waals surface area contributed by atoms with E-state index < -0.39 is 0 Å². The number of hydrazone groups is 1. The first-order valence-corrected chi connectivity index (χ1v) is 9.02. The van der Waals surface area contributed by atoms with Gasteiger partial charge in [0, 0.05) is 11.1 Å². The molecule has 0 bridgehead atoms. The number of aliphatic imine (C=N–C) groups is 1. The summed E-state index contributed by atoms with van der Waals surface area (Å²) in [5.74, 6) is 6.41. The molecule has 0 amide bonds. The zero-order chi connectivity index (χ0) is 19.1. The summed E-state index contributed by atoms with van der Waals surface area (Å²) in [5.41, 5.74) is 4.49. The minimum atomic E-state index is 0.482. The first-order chi connectivity index (χ1) is 13.2. The Morgan fingerprint density at radius 2 is 1.81 bits per heavy atom. The molecule has 3 rings (SSSR count). The van der Waals surface area contributed by atoms with E-state index in [2.05, 4.69) is 27.2 Å². The number of rotatable bonds is 7. The summed E-state index contributed by atoms with van der Waals surface area (Å²) in [7, 11) is 0. The second-order valence-corrected chi connectivity index (χ2v) is 6.26. The third-order valence-corrected chi connectivity index (χ3v) is 4.23. The lowest BCUT2D eigenvalue weighted by Crippen LogP contribution is -2.03. The Kier molecular flexibility index (Phi) is 6.10. The molecule has 1 heterocycles. The number of benzene rings is 2. The molecule has 0 radical (unpaired) electrons. The lowest BCUT2D eigenvalue weighted by Gasteiger charge is -2.00.